The summed E-state index contributed by atoms with van der Waals surface area (Å²) in [6, 6.07) is 5.81. The first-order valence-electron chi connectivity index (χ1n) is 5.97. The predicted octanol–water partition coefficient (Wildman–Crippen LogP) is 1.43. The number of benzene rings is 1. The fourth-order valence-electron chi connectivity index (χ4n) is 1.50. The number of anilines is 1. The summed E-state index contributed by atoms with van der Waals surface area (Å²) in [5.74, 6) is 0.678. The lowest BCUT2D eigenvalue weighted by Crippen LogP contribution is -2.35. The number of carbonyl (C=O) groups excluding carboxylic acids is 1. The van der Waals surface area contributed by atoms with E-state index in [-0.39, 0.29) is 5.91 Å². The zero-order valence-electron chi connectivity index (χ0n) is 11.4. The van der Waals surface area contributed by atoms with Crippen LogP contribution >= 0.6 is 12.2 Å². The molecule has 0 fully saturated rings. The quantitative estimate of drug-likeness (QED) is 0.563. The molecule has 0 heterocycles. The van der Waals surface area contributed by atoms with Gasteiger partial charge in [0, 0.05) is 20.0 Å². The molecule has 1 amide bonds. The van der Waals surface area contributed by atoms with Crippen LogP contribution in [0.25, 0.3) is 0 Å². The molecule has 19 heavy (non-hydrogen) atoms. The molecule has 0 aliphatic carbocycles. The van der Waals surface area contributed by atoms with Crippen molar-refractivity contribution in [2.45, 2.75) is 13.8 Å². The van der Waals surface area contributed by atoms with Gasteiger partial charge in [-0.2, -0.15) is 0 Å². The van der Waals surface area contributed by atoms with Crippen LogP contribution in [0.4, 0.5) is 5.69 Å². The lowest BCUT2D eigenvalue weighted by atomic mass is 10.2. The highest BCUT2D eigenvalue weighted by Gasteiger charge is 2.04. The Hall–Kier alpha value is -1.82. The normalized spacial score (nSPS) is 9.63. The van der Waals surface area contributed by atoms with Gasteiger partial charge in [0.05, 0.1) is 12.8 Å². The van der Waals surface area contributed by atoms with E-state index in [1.807, 2.05) is 25.1 Å². The fourth-order valence-corrected chi connectivity index (χ4v) is 1.71. The molecule has 104 valence electrons. The van der Waals surface area contributed by atoms with Crippen molar-refractivity contribution < 1.29 is 9.53 Å². The molecule has 0 atom stereocenters. The van der Waals surface area contributed by atoms with E-state index in [9.17, 15) is 4.79 Å². The Labute approximate surface area is 118 Å². The Morgan fingerprint density at radius 1 is 1.32 bits per heavy atom. The molecule has 1 aromatic carbocycles. The van der Waals surface area contributed by atoms with E-state index in [0.717, 1.165) is 17.0 Å². The number of rotatable bonds is 5. The van der Waals surface area contributed by atoms with Crippen LogP contribution in [-0.4, -0.2) is 31.2 Å². The maximum absolute atomic E-state index is 10.7. The first-order chi connectivity index (χ1) is 9.02. The Balaban J connectivity index is 2.47. The second-order valence-electron chi connectivity index (χ2n) is 4.07. The third kappa shape index (κ3) is 5.56. The van der Waals surface area contributed by atoms with Crippen LogP contribution in [0.5, 0.6) is 5.75 Å². The minimum atomic E-state index is -0.0546. The monoisotopic (exact) mass is 281 g/mol. The maximum atomic E-state index is 10.7. The smallest absolute Gasteiger partial charge is 0.216 e. The van der Waals surface area contributed by atoms with Gasteiger partial charge >= 0.3 is 0 Å². The van der Waals surface area contributed by atoms with Crippen molar-refractivity contribution >= 4 is 28.9 Å². The summed E-state index contributed by atoms with van der Waals surface area (Å²) in [4.78, 5) is 10.7. The van der Waals surface area contributed by atoms with E-state index in [1.165, 1.54) is 6.92 Å². The fraction of sp³-hybridized carbons (Fsp3) is 0.385. The number of carbonyl (C=O) groups is 1. The third-order valence-corrected chi connectivity index (χ3v) is 2.63. The van der Waals surface area contributed by atoms with Crippen molar-refractivity contribution in [1.82, 2.24) is 10.6 Å². The summed E-state index contributed by atoms with van der Waals surface area (Å²) in [6.07, 6.45) is 0. The molecule has 0 saturated heterocycles. The molecule has 0 aromatic heterocycles. The van der Waals surface area contributed by atoms with Gasteiger partial charge in [-0.3, -0.25) is 4.79 Å². The number of ether oxygens (including phenoxy) is 1. The van der Waals surface area contributed by atoms with Crippen LogP contribution in [0.3, 0.4) is 0 Å². The summed E-state index contributed by atoms with van der Waals surface area (Å²) in [5, 5.41) is 9.26. The van der Waals surface area contributed by atoms with Crippen LogP contribution < -0.4 is 20.7 Å². The molecule has 0 aliphatic rings. The second-order valence-corrected chi connectivity index (χ2v) is 4.48. The van der Waals surface area contributed by atoms with E-state index >= 15 is 0 Å². The summed E-state index contributed by atoms with van der Waals surface area (Å²) >= 11 is 5.18. The van der Waals surface area contributed by atoms with Gasteiger partial charge in [0.1, 0.15) is 5.75 Å². The first-order valence-corrected chi connectivity index (χ1v) is 6.37. The van der Waals surface area contributed by atoms with E-state index in [1.54, 1.807) is 7.11 Å². The van der Waals surface area contributed by atoms with E-state index < -0.39 is 0 Å². The van der Waals surface area contributed by atoms with Crippen molar-refractivity contribution in [3.05, 3.63) is 23.8 Å². The number of amides is 1. The number of aryl methyl sites for hydroxylation is 1. The lowest BCUT2D eigenvalue weighted by Gasteiger charge is -2.14. The molecular formula is C13H19N3O2S. The van der Waals surface area contributed by atoms with Crippen molar-refractivity contribution in [2.75, 3.05) is 25.5 Å². The summed E-state index contributed by atoms with van der Waals surface area (Å²) < 4.78 is 5.25. The van der Waals surface area contributed by atoms with Gasteiger partial charge in [-0.1, -0.05) is 6.07 Å². The molecule has 0 saturated carbocycles. The molecule has 6 heteroatoms. The molecule has 0 radical (unpaired) electrons. The molecule has 0 bridgehead atoms. The van der Waals surface area contributed by atoms with Crippen molar-refractivity contribution in [3.63, 3.8) is 0 Å². The highest BCUT2D eigenvalue weighted by atomic mass is 32.1. The zero-order chi connectivity index (χ0) is 14.3. The van der Waals surface area contributed by atoms with Crippen molar-refractivity contribution in [3.8, 4) is 5.75 Å². The average Bonchev–Trinajstić information content (AvgIpc) is 2.35. The third-order valence-electron chi connectivity index (χ3n) is 2.39. The van der Waals surface area contributed by atoms with Gasteiger partial charge < -0.3 is 20.7 Å². The van der Waals surface area contributed by atoms with Crippen LogP contribution in [-0.2, 0) is 4.79 Å². The van der Waals surface area contributed by atoms with Crippen molar-refractivity contribution in [2.24, 2.45) is 0 Å². The number of nitrogens with one attached hydrogen (secondary N) is 3. The van der Waals surface area contributed by atoms with Gasteiger partial charge in [0.2, 0.25) is 5.91 Å². The Bertz CT molecular complexity index is 463. The molecule has 0 aliphatic heterocycles. The number of thiocarbonyl (C=S) groups is 1. The second kappa shape index (κ2) is 7.58. The Morgan fingerprint density at radius 2 is 2.00 bits per heavy atom. The molecule has 5 nitrogen and oxygen atoms in total. The zero-order valence-corrected chi connectivity index (χ0v) is 12.2. The molecule has 1 rings (SSSR count). The van der Waals surface area contributed by atoms with Crippen LogP contribution in [0, 0.1) is 6.92 Å². The minimum absolute atomic E-state index is 0.0546. The lowest BCUT2D eigenvalue weighted by molar-refractivity contribution is -0.118. The predicted molar refractivity (Wildman–Crippen MR) is 80.6 cm³/mol. The standard InChI is InChI=1S/C13H19N3O2S/c1-9-4-5-12(18-3)11(8-9)16-13(19)15-7-6-14-10(2)17/h4-5,8H,6-7H2,1-3H3,(H,14,17)(H2,15,16,19). The molecular weight excluding hydrogens is 262 g/mol. The van der Waals surface area contributed by atoms with Gasteiger partial charge in [-0.15, -0.1) is 0 Å². The molecule has 3 N–H and O–H groups in total. The summed E-state index contributed by atoms with van der Waals surface area (Å²) in [6.45, 7) is 4.58. The average molecular weight is 281 g/mol. The van der Waals surface area contributed by atoms with Gasteiger partial charge in [0.25, 0.3) is 0 Å². The number of methoxy groups -OCH3 is 1. The highest BCUT2D eigenvalue weighted by molar-refractivity contribution is 7.80. The minimum Gasteiger partial charge on any atom is -0.495 e. The van der Waals surface area contributed by atoms with E-state index in [2.05, 4.69) is 16.0 Å². The van der Waals surface area contributed by atoms with Crippen molar-refractivity contribution in [1.29, 1.82) is 0 Å². The molecule has 1 aromatic rings. The molecule has 0 spiro atoms. The Morgan fingerprint density at radius 3 is 2.63 bits per heavy atom. The molecule has 0 unspecified atom stereocenters. The highest BCUT2D eigenvalue weighted by Crippen LogP contribution is 2.24. The van der Waals surface area contributed by atoms with Gasteiger partial charge in [-0.05, 0) is 36.8 Å². The van der Waals surface area contributed by atoms with Crippen LogP contribution in [0.1, 0.15) is 12.5 Å². The SMILES string of the molecule is COc1ccc(C)cc1NC(=S)NCCNC(C)=O. The van der Waals surface area contributed by atoms with Crippen LogP contribution in [0.2, 0.25) is 0 Å². The first kappa shape index (κ1) is 15.2. The Kier molecular flexibility index (Phi) is 6.08. The van der Waals surface area contributed by atoms with Gasteiger partial charge in [0.15, 0.2) is 5.11 Å². The maximum Gasteiger partial charge on any atom is 0.216 e. The number of hydrogen-bond donors (Lipinski definition) is 3. The number of hydrogen-bond acceptors (Lipinski definition) is 3. The van der Waals surface area contributed by atoms with Crippen LogP contribution in [0.15, 0.2) is 18.2 Å². The van der Waals surface area contributed by atoms with Gasteiger partial charge in [-0.25, -0.2) is 0 Å². The largest absolute Gasteiger partial charge is 0.495 e. The summed E-state index contributed by atoms with van der Waals surface area (Å²) in [7, 11) is 1.61. The topological polar surface area (TPSA) is 62.4 Å². The van der Waals surface area contributed by atoms with E-state index in [4.69, 9.17) is 17.0 Å². The van der Waals surface area contributed by atoms with E-state index in [0.29, 0.717) is 18.2 Å². The summed E-state index contributed by atoms with van der Waals surface area (Å²) in [5.41, 5.74) is 1.93.